The zero-order valence-electron chi connectivity index (χ0n) is 12.3. The molecule has 112 valence electrons. The number of nitrogens with zero attached hydrogens (tertiary/aromatic N) is 3. The summed E-state index contributed by atoms with van der Waals surface area (Å²) < 4.78 is 13.2. The minimum Gasteiger partial charge on any atom is -0.377 e. The second kappa shape index (κ2) is 5.51. The van der Waals surface area contributed by atoms with Crippen molar-refractivity contribution in [1.29, 1.82) is 0 Å². The highest BCUT2D eigenvalue weighted by Gasteiger charge is 2.31. The van der Waals surface area contributed by atoms with Crippen LogP contribution in [0, 0.1) is 0 Å². The molecule has 22 heavy (non-hydrogen) atoms. The van der Waals surface area contributed by atoms with E-state index < -0.39 is 0 Å². The molecule has 0 amide bonds. The van der Waals surface area contributed by atoms with E-state index in [-0.39, 0.29) is 12.1 Å². The lowest BCUT2D eigenvalue weighted by atomic mass is 10.2. The van der Waals surface area contributed by atoms with Crippen LogP contribution in [0.15, 0.2) is 48.8 Å². The topological polar surface area (TPSA) is 49.2 Å². The van der Waals surface area contributed by atoms with Crippen molar-refractivity contribution in [1.82, 2.24) is 14.5 Å². The van der Waals surface area contributed by atoms with Gasteiger partial charge >= 0.3 is 0 Å². The summed E-state index contributed by atoms with van der Waals surface area (Å²) in [5.74, 6) is 0.850. The molecule has 0 unspecified atom stereocenters. The largest absolute Gasteiger partial charge is 0.377 e. The Morgan fingerprint density at radius 2 is 2.09 bits per heavy atom. The summed E-state index contributed by atoms with van der Waals surface area (Å²) in [6.45, 7) is 1.25. The van der Waals surface area contributed by atoms with Crippen LogP contribution in [-0.2, 0) is 9.47 Å². The van der Waals surface area contributed by atoms with Crippen LogP contribution in [0.4, 0.5) is 0 Å². The molecule has 0 aliphatic carbocycles. The van der Waals surface area contributed by atoms with E-state index in [0.29, 0.717) is 13.2 Å². The highest BCUT2D eigenvalue weighted by Crippen LogP contribution is 2.28. The molecule has 0 radical (unpaired) electrons. The Bertz CT molecular complexity index is 799. The second-order valence-electron chi connectivity index (χ2n) is 5.43. The van der Waals surface area contributed by atoms with Crippen LogP contribution in [0.5, 0.6) is 0 Å². The molecular weight excluding hydrogens is 278 g/mol. The first-order valence-corrected chi connectivity index (χ1v) is 7.36. The highest BCUT2D eigenvalue weighted by atomic mass is 16.5. The van der Waals surface area contributed by atoms with Crippen LogP contribution in [0.1, 0.15) is 6.04 Å². The standard InChI is InChI=1S/C17H17N3O2/c1-21-16-11-22-10-15(16)20-9-8-18-17(20)14-7-6-12-4-2-3-5-13(12)19-14/h2-9,15-16H,10-11H2,1H3/t15-,16+/m1/s1. The van der Waals surface area contributed by atoms with Crippen molar-refractivity contribution in [2.24, 2.45) is 0 Å². The summed E-state index contributed by atoms with van der Waals surface area (Å²) in [5.41, 5.74) is 1.84. The Morgan fingerprint density at radius 3 is 3.00 bits per heavy atom. The van der Waals surface area contributed by atoms with Gasteiger partial charge in [-0.3, -0.25) is 0 Å². The lowest BCUT2D eigenvalue weighted by Gasteiger charge is -2.19. The van der Waals surface area contributed by atoms with Gasteiger partial charge in [0.15, 0.2) is 5.82 Å². The fourth-order valence-corrected chi connectivity index (χ4v) is 2.98. The molecule has 3 heterocycles. The molecule has 1 saturated heterocycles. The molecule has 5 nitrogen and oxygen atoms in total. The van der Waals surface area contributed by atoms with E-state index in [1.807, 2.05) is 30.5 Å². The zero-order valence-corrected chi connectivity index (χ0v) is 12.3. The maximum atomic E-state index is 5.55. The SMILES string of the molecule is CO[C@H]1COC[C@H]1n1ccnc1-c1ccc2ccccc2n1. The molecule has 3 aromatic rings. The van der Waals surface area contributed by atoms with E-state index in [4.69, 9.17) is 14.5 Å². The number of para-hydroxylation sites is 1. The average molecular weight is 295 g/mol. The highest BCUT2D eigenvalue weighted by molar-refractivity contribution is 5.80. The molecule has 1 aromatic carbocycles. The van der Waals surface area contributed by atoms with Crippen LogP contribution >= 0.6 is 0 Å². The van der Waals surface area contributed by atoms with E-state index in [1.165, 1.54) is 0 Å². The Hall–Kier alpha value is -2.24. The third-order valence-electron chi connectivity index (χ3n) is 4.16. The minimum absolute atomic E-state index is 0.0495. The fraction of sp³-hybridized carbons (Fsp3) is 0.294. The van der Waals surface area contributed by atoms with Crippen LogP contribution < -0.4 is 0 Å². The molecule has 2 aromatic heterocycles. The van der Waals surface area contributed by atoms with Crippen LogP contribution in [0.3, 0.4) is 0 Å². The second-order valence-corrected chi connectivity index (χ2v) is 5.43. The van der Waals surface area contributed by atoms with Crippen LogP contribution in [-0.4, -0.2) is 41.0 Å². The van der Waals surface area contributed by atoms with Crippen molar-refractivity contribution >= 4 is 10.9 Å². The number of hydrogen-bond donors (Lipinski definition) is 0. The number of imidazole rings is 1. The molecule has 1 aliphatic rings. The first-order valence-electron chi connectivity index (χ1n) is 7.36. The number of benzene rings is 1. The number of hydrogen-bond acceptors (Lipinski definition) is 4. The van der Waals surface area contributed by atoms with Gasteiger partial charge in [0.25, 0.3) is 0 Å². The van der Waals surface area contributed by atoms with Crippen LogP contribution in [0.2, 0.25) is 0 Å². The molecule has 0 spiro atoms. The van der Waals surface area contributed by atoms with Crippen molar-refractivity contribution in [2.75, 3.05) is 20.3 Å². The first kappa shape index (κ1) is 13.4. The lowest BCUT2D eigenvalue weighted by molar-refractivity contribution is 0.0688. The Balaban J connectivity index is 1.77. The summed E-state index contributed by atoms with van der Waals surface area (Å²) in [4.78, 5) is 9.23. The van der Waals surface area contributed by atoms with Gasteiger partial charge in [-0.25, -0.2) is 9.97 Å². The quantitative estimate of drug-likeness (QED) is 0.745. The minimum atomic E-state index is 0.0495. The number of methoxy groups -OCH3 is 1. The summed E-state index contributed by atoms with van der Waals surface area (Å²) >= 11 is 0. The number of ether oxygens (including phenoxy) is 2. The van der Waals surface area contributed by atoms with Gasteiger partial charge in [0.2, 0.25) is 0 Å². The van der Waals surface area contributed by atoms with Crippen molar-refractivity contribution in [3.05, 3.63) is 48.8 Å². The van der Waals surface area contributed by atoms with E-state index >= 15 is 0 Å². The Labute approximate surface area is 128 Å². The smallest absolute Gasteiger partial charge is 0.159 e. The zero-order chi connectivity index (χ0) is 14.9. The van der Waals surface area contributed by atoms with Gasteiger partial charge in [0.1, 0.15) is 11.8 Å². The van der Waals surface area contributed by atoms with E-state index in [1.54, 1.807) is 13.3 Å². The van der Waals surface area contributed by atoms with Gasteiger partial charge in [-0.05, 0) is 12.1 Å². The first-order chi connectivity index (χ1) is 10.9. The monoisotopic (exact) mass is 295 g/mol. The van der Waals surface area contributed by atoms with Gasteiger partial charge in [-0.2, -0.15) is 0 Å². The van der Waals surface area contributed by atoms with Crippen molar-refractivity contribution < 1.29 is 9.47 Å². The number of fused-ring (bicyclic) bond motifs is 1. The maximum absolute atomic E-state index is 5.55. The Kier molecular flexibility index (Phi) is 3.36. The van der Waals surface area contributed by atoms with Crippen LogP contribution in [0.25, 0.3) is 22.4 Å². The van der Waals surface area contributed by atoms with Gasteiger partial charge in [0.05, 0.1) is 24.8 Å². The molecular formula is C17H17N3O2. The molecule has 0 N–H and O–H groups in total. The van der Waals surface area contributed by atoms with Gasteiger partial charge in [-0.1, -0.05) is 24.3 Å². The maximum Gasteiger partial charge on any atom is 0.159 e. The third kappa shape index (κ3) is 2.19. The molecule has 5 heteroatoms. The predicted molar refractivity (Wildman–Crippen MR) is 83.6 cm³/mol. The molecule has 0 bridgehead atoms. The van der Waals surface area contributed by atoms with Gasteiger partial charge in [-0.15, -0.1) is 0 Å². The average Bonchev–Trinajstić information content (AvgIpc) is 3.22. The molecule has 1 fully saturated rings. The number of rotatable bonds is 3. The molecule has 2 atom stereocenters. The van der Waals surface area contributed by atoms with Crippen molar-refractivity contribution in [3.8, 4) is 11.5 Å². The number of pyridine rings is 1. The van der Waals surface area contributed by atoms with E-state index in [9.17, 15) is 0 Å². The summed E-state index contributed by atoms with van der Waals surface area (Å²) in [6.07, 6.45) is 3.82. The molecule has 4 rings (SSSR count). The lowest BCUT2D eigenvalue weighted by Crippen LogP contribution is -2.24. The van der Waals surface area contributed by atoms with Crippen molar-refractivity contribution in [2.45, 2.75) is 12.1 Å². The molecule has 0 saturated carbocycles. The third-order valence-corrected chi connectivity index (χ3v) is 4.16. The van der Waals surface area contributed by atoms with E-state index in [2.05, 4.69) is 21.7 Å². The predicted octanol–water partition coefficient (Wildman–Crippen LogP) is 2.68. The fourth-order valence-electron chi connectivity index (χ4n) is 2.98. The normalized spacial score (nSPS) is 21.5. The summed E-state index contributed by atoms with van der Waals surface area (Å²) in [5, 5.41) is 1.13. The number of aromatic nitrogens is 3. The summed E-state index contributed by atoms with van der Waals surface area (Å²) in [7, 11) is 1.72. The molecule has 1 aliphatic heterocycles. The van der Waals surface area contributed by atoms with Crippen molar-refractivity contribution in [3.63, 3.8) is 0 Å². The Morgan fingerprint density at radius 1 is 1.18 bits per heavy atom. The van der Waals surface area contributed by atoms with Gasteiger partial charge in [0, 0.05) is 24.9 Å². The summed E-state index contributed by atoms with van der Waals surface area (Å²) in [6, 6.07) is 12.3. The van der Waals surface area contributed by atoms with Gasteiger partial charge < -0.3 is 14.0 Å². The van der Waals surface area contributed by atoms with E-state index in [0.717, 1.165) is 22.4 Å².